The molecule has 0 saturated carbocycles. The summed E-state index contributed by atoms with van der Waals surface area (Å²) in [7, 11) is -5.84. The van der Waals surface area contributed by atoms with Gasteiger partial charge >= 0.3 is 29.4 Å². The van der Waals surface area contributed by atoms with Crippen molar-refractivity contribution in [3.63, 3.8) is 0 Å². The number of methoxy groups -OCH3 is 1. The van der Waals surface area contributed by atoms with Crippen LogP contribution in [0.1, 0.15) is 0 Å². The van der Waals surface area contributed by atoms with Crippen molar-refractivity contribution in [1.82, 2.24) is 0 Å². The fourth-order valence-electron chi connectivity index (χ4n) is 0.920. The number of esters is 1. The Morgan fingerprint density at radius 3 is 1.50 bits per heavy atom. The molecule has 0 N–H and O–H groups in total. The highest BCUT2D eigenvalue weighted by Gasteiger charge is 2.65. The zero-order chi connectivity index (χ0) is 16.5. The van der Waals surface area contributed by atoms with Gasteiger partial charge in [-0.1, -0.05) is 15.9 Å². The highest BCUT2D eigenvalue weighted by molar-refractivity contribution is 9.11. The SMILES string of the molecule is COC(=O)C(Br)P(=O)(C(=O)C(F)(F)F)C(=O)C(F)(F)F. The van der Waals surface area contributed by atoms with E-state index in [4.69, 9.17) is 0 Å². The van der Waals surface area contributed by atoms with Crippen LogP contribution in [-0.4, -0.2) is 41.0 Å². The number of rotatable bonds is 4. The van der Waals surface area contributed by atoms with Gasteiger partial charge in [-0.25, -0.2) is 0 Å². The van der Waals surface area contributed by atoms with E-state index >= 15 is 0 Å². The van der Waals surface area contributed by atoms with Crippen molar-refractivity contribution in [2.75, 3.05) is 7.11 Å². The number of alkyl halides is 7. The van der Waals surface area contributed by atoms with Crippen molar-refractivity contribution in [3.05, 3.63) is 0 Å². The van der Waals surface area contributed by atoms with Crippen molar-refractivity contribution >= 4 is 40.1 Å². The van der Waals surface area contributed by atoms with E-state index in [1.807, 2.05) is 15.9 Å². The van der Waals surface area contributed by atoms with Crippen LogP contribution in [0.2, 0.25) is 0 Å². The van der Waals surface area contributed by atoms with Crippen molar-refractivity contribution < 1.29 is 50.0 Å². The molecular formula is C7H4BrF6O5P. The van der Waals surface area contributed by atoms with E-state index in [0.29, 0.717) is 7.11 Å². The molecular weight excluding hydrogens is 389 g/mol. The van der Waals surface area contributed by atoms with Gasteiger partial charge in [0.25, 0.3) is 7.14 Å². The van der Waals surface area contributed by atoms with Crippen LogP contribution in [0.4, 0.5) is 26.3 Å². The average molecular weight is 393 g/mol. The van der Waals surface area contributed by atoms with E-state index in [-0.39, 0.29) is 0 Å². The predicted molar refractivity (Wildman–Crippen MR) is 54.5 cm³/mol. The van der Waals surface area contributed by atoms with Gasteiger partial charge in [0.15, 0.2) is 4.57 Å². The Bertz CT molecular complexity index is 453. The van der Waals surface area contributed by atoms with Crippen LogP contribution in [0.3, 0.4) is 0 Å². The maximum absolute atomic E-state index is 12.2. The molecule has 0 fully saturated rings. The molecule has 0 amide bonds. The molecule has 0 aromatic heterocycles. The molecule has 1 atom stereocenters. The topological polar surface area (TPSA) is 77.5 Å². The van der Waals surface area contributed by atoms with Crippen LogP contribution < -0.4 is 0 Å². The van der Waals surface area contributed by atoms with Crippen LogP contribution in [0.25, 0.3) is 0 Å². The first kappa shape index (κ1) is 19.1. The van der Waals surface area contributed by atoms with Crippen molar-refractivity contribution in [2.45, 2.75) is 16.9 Å². The third-order valence-corrected chi connectivity index (χ3v) is 6.47. The monoisotopic (exact) mass is 392 g/mol. The zero-order valence-corrected chi connectivity index (χ0v) is 11.7. The molecule has 0 aliphatic carbocycles. The molecule has 13 heteroatoms. The molecule has 0 aliphatic heterocycles. The lowest BCUT2D eigenvalue weighted by molar-refractivity contribution is -0.167. The van der Waals surface area contributed by atoms with Gasteiger partial charge in [-0.05, 0) is 0 Å². The Labute approximate surface area is 115 Å². The number of carbonyl (C=O) groups excluding carboxylic acids is 3. The third kappa shape index (κ3) is 3.60. The molecule has 0 heterocycles. The van der Waals surface area contributed by atoms with E-state index in [0.717, 1.165) is 0 Å². The van der Waals surface area contributed by atoms with E-state index in [2.05, 4.69) is 4.74 Å². The molecule has 0 rings (SSSR count). The van der Waals surface area contributed by atoms with Gasteiger partial charge in [0.05, 0.1) is 7.11 Å². The van der Waals surface area contributed by atoms with Crippen LogP contribution in [0.5, 0.6) is 0 Å². The fourth-order valence-corrected chi connectivity index (χ4v) is 3.98. The molecule has 0 aliphatic rings. The molecule has 5 nitrogen and oxygen atoms in total. The van der Waals surface area contributed by atoms with Crippen LogP contribution in [0, 0.1) is 0 Å². The summed E-state index contributed by atoms with van der Waals surface area (Å²) in [5.41, 5.74) is -6.89. The minimum Gasteiger partial charge on any atom is -0.468 e. The number of hydrogen-bond acceptors (Lipinski definition) is 5. The smallest absolute Gasteiger partial charge is 0.458 e. The second kappa shape index (κ2) is 5.84. The molecule has 0 radical (unpaired) electrons. The van der Waals surface area contributed by atoms with E-state index in [9.17, 15) is 45.3 Å². The van der Waals surface area contributed by atoms with Crippen molar-refractivity contribution in [3.8, 4) is 0 Å². The molecule has 0 aromatic carbocycles. The average Bonchev–Trinajstić information content (AvgIpc) is 2.31. The Kier molecular flexibility index (Phi) is 5.58. The number of hydrogen-bond donors (Lipinski definition) is 0. The third-order valence-electron chi connectivity index (χ3n) is 1.80. The van der Waals surface area contributed by atoms with Gasteiger partial charge in [0.2, 0.25) is 0 Å². The van der Waals surface area contributed by atoms with Crippen LogP contribution in [0.15, 0.2) is 0 Å². The Morgan fingerprint density at radius 2 is 1.30 bits per heavy atom. The first-order valence-electron chi connectivity index (χ1n) is 4.25. The highest BCUT2D eigenvalue weighted by atomic mass is 79.9. The van der Waals surface area contributed by atoms with Gasteiger partial charge in [0.1, 0.15) is 0 Å². The molecule has 1 unspecified atom stereocenters. The summed E-state index contributed by atoms with van der Waals surface area (Å²) in [4.78, 5) is 32.7. The van der Waals surface area contributed by atoms with E-state index < -0.39 is 41.1 Å². The van der Waals surface area contributed by atoms with Crippen molar-refractivity contribution in [2.24, 2.45) is 0 Å². The summed E-state index contributed by atoms with van der Waals surface area (Å²) in [6.45, 7) is 0. The van der Waals surface area contributed by atoms with Gasteiger partial charge < -0.3 is 9.30 Å². The summed E-state index contributed by atoms with van der Waals surface area (Å²) in [6.07, 6.45) is -12.0. The fraction of sp³-hybridized carbons (Fsp3) is 0.571. The first-order chi connectivity index (χ1) is 8.70. The van der Waals surface area contributed by atoms with Crippen molar-refractivity contribution in [1.29, 1.82) is 0 Å². The Hall–Kier alpha value is -0.900. The van der Waals surface area contributed by atoms with Gasteiger partial charge in [-0.2, -0.15) is 26.3 Å². The lowest BCUT2D eigenvalue weighted by Gasteiger charge is -2.21. The molecule has 0 saturated heterocycles. The predicted octanol–water partition coefficient (Wildman–Crippen LogP) is 2.42. The molecule has 116 valence electrons. The lowest BCUT2D eigenvalue weighted by atomic mass is 10.7. The quantitative estimate of drug-likeness (QED) is 0.318. The van der Waals surface area contributed by atoms with Crippen LogP contribution >= 0.6 is 23.1 Å². The molecule has 20 heavy (non-hydrogen) atoms. The van der Waals surface area contributed by atoms with E-state index in [1.165, 1.54) is 0 Å². The lowest BCUT2D eigenvalue weighted by Crippen LogP contribution is -2.37. The second-order valence-electron chi connectivity index (χ2n) is 3.12. The van der Waals surface area contributed by atoms with Gasteiger partial charge in [-0.3, -0.25) is 14.4 Å². The second-order valence-corrected chi connectivity index (χ2v) is 7.39. The minimum atomic E-state index is -6.39. The van der Waals surface area contributed by atoms with E-state index in [1.54, 1.807) is 0 Å². The standard InChI is InChI=1S/C7H4BrF6O5P/c1-19-3(15)2(8)20(18,4(16)6(9,10)11)5(17)7(12,13)14/h2H,1H3. The first-order valence-corrected chi connectivity index (χ1v) is 6.95. The molecule has 0 aromatic rings. The summed E-state index contributed by atoms with van der Waals surface area (Å²) in [5.74, 6) is -1.89. The summed E-state index contributed by atoms with van der Waals surface area (Å²) >= 11 is 1.93. The molecule has 0 spiro atoms. The summed E-state index contributed by atoms with van der Waals surface area (Å²) in [6, 6.07) is 0. The summed E-state index contributed by atoms with van der Waals surface area (Å²) < 4.78 is 85.9. The van der Waals surface area contributed by atoms with Crippen LogP contribution in [-0.2, 0) is 23.7 Å². The van der Waals surface area contributed by atoms with Gasteiger partial charge in [-0.15, -0.1) is 0 Å². The zero-order valence-electron chi connectivity index (χ0n) is 9.21. The minimum absolute atomic E-state index is 0.553. The van der Waals surface area contributed by atoms with Gasteiger partial charge in [0, 0.05) is 0 Å². The largest absolute Gasteiger partial charge is 0.468 e. The number of halogens is 7. The molecule has 0 bridgehead atoms. The Balaban J connectivity index is 6.10. The Morgan fingerprint density at radius 1 is 1.00 bits per heavy atom. The summed E-state index contributed by atoms with van der Waals surface area (Å²) in [5, 5.41) is 0. The normalized spacial score (nSPS) is 14.6. The maximum atomic E-state index is 12.2. The number of carbonyl (C=O) groups is 3. The number of ether oxygens (including phenoxy) is 1. The highest BCUT2D eigenvalue weighted by Crippen LogP contribution is 2.61. The maximum Gasteiger partial charge on any atom is 0.458 e.